The van der Waals surface area contributed by atoms with Crippen molar-refractivity contribution in [1.82, 2.24) is 0 Å². The molecule has 0 saturated carbocycles. The number of aromatic carboxylic acids is 1. The van der Waals surface area contributed by atoms with Crippen LogP contribution in [0.2, 0.25) is 0 Å². The third-order valence-electron chi connectivity index (χ3n) is 1.93. The number of carboxylic acid groups (broad SMARTS) is 1. The Morgan fingerprint density at radius 3 is 2.12 bits per heavy atom. The van der Waals surface area contributed by atoms with Gasteiger partial charge in [0.1, 0.15) is 5.56 Å². The molecule has 0 heterocycles. The molecule has 0 aromatic heterocycles. The Labute approximate surface area is 86.3 Å². The van der Waals surface area contributed by atoms with E-state index in [4.69, 9.17) is 5.11 Å². The summed E-state index contributed by atoms with van der Waals surface area (Å²) in [5.41, 5.74) is -3.88. The molecule has 0 aliphatic rings. The minimum Gasteiger partial charge on any atom is -0.478 e. The van der Waals surface area contributed by atoms with Crippen molar-refractivity contribution in [2.24, 2.45) is 0 Å². The van der Waals surface area contributed by atoms with E-state index in [1.807, 2.05) is 0 Å². The zero-order valence-corrected chi connectivity index (χ0v) is 7.75. The summed E-state index contributed by atoms with van der Waals surface area (Å²) in [4.78, 5) is 19.3. The number of rotatable bonds is 2. The van der Waals surface area contributed by atoms with Crippen LogP contribution in [0.25, 0.3) is 0 Å². The van der Waals surface area contributed by atoms with Crippen molar-refractivity contribution in [3.8, 4) is 0 Å². The molecule has 0 aliphatic heterocycles. The number of hydrogen-bond acceptors (Lipinski definition) is 3. The fourth-order valence-corrected chi connectivity index (χ4v) is 1.17. The third kappa shape index (κ3) is 1.58. The number of halogens is 3. The summed E-state index contributed by atoms with van der Waals surface area (Å²) < 4.78 is 39.3. The van der Waals surface area contributed by atoms with Gasteiger partial charge in [0, 0.05) is 5.56 Å². The molecule has 8 heteroatoms. The predicted molar refractivity (Wildman–Crippen MR) is 44.7 cm³/mol. The molecule has 0 spiro atoms. The van der Waals surface area contributed by atoms with E-state index in [1.165, 1.54) is 0 Å². The van der Waals surface area contributed by atoms with Gasteiger partial charge in [-0.15, -0.1) is 0 Å². The summed E-state index contributed by atoms with van der Waals surface area (Å²) in [7, 11) is 0. The van der Waals surface area contributed by atoms with Crippen LogP contribution in [0.1, 0.15) is 15.9 Å². The Bertz CT molecular complexity index is 460. The molecule has 0 saturated heterocycles. The summed E-state index contributed by atoms with van der Waals surface area (Å²) in [6.45, 7) is 0.814. The molecule has 0 bridgehead atoms. The Hall–Kier alpha value is -2.12. The van der Waals surface area contributed by atoms with Crippen LogP contribution in [0.3, 0.4) is 0 Å². The first-order valence-electron chi connectivity index (χ1n) is 3.83. The maximum atomic E-state index is 13.2. The standard InChI is InChI=1S/C8H4F3NO4/c1-2-3(8(13)14)5(10)7(12(15)16)6(11)4(2)9/h1H3,(H,13,14). The van der Waals surface area contributed by atoms with Gasteiger partial charge in [-0.25, -0.2) is 9.18 Å². The van der Waals surface area contributed by atoms with Gasteiger partial charge in [0.2, 0.25) is 11.6 Å². The SMILES string of the molecule is Cc1c(F)c(F)c([N+](=O)[O-])c(F)c1C(=O)O. The van der Waals surface area contributed by atoms with Crippen LogP contribution in [-0.2, 0) is 0 Å². The van der Waals surface area contributed by atoms with Gasteiger partial charge in [0.25, 0.3) is 0 Å². The highest BCUT2D eigenvalue weighted by atomic mass is 19.2. The van der Waals surface area contributed by atoms with Crippen LogP contribution in [0.4, 0.5) is 18.9 Å². The summed E-state index contributed by atoms with van der Waals surface area (Å²) in [6.07, 6.45) is 0. The van der Waals surface area contributed by atoms with Gasteiger partial charge in [0.15, 0.2) is 5.82 Å². The molecule has 1 aromatic carbocycles. The third-order valence-corrected chi connectivity index (χ3v) is 1.93. The first-order chi connectivity index (χ1) is 7.29. The van der Waals surface area contributed by atoms with E-state index < -0.39 is 45.2 Å². The Morgan fingerprint density at radius 2 is 1.75 bits per heavy atom. The lowest BCUT2D eigenvalue weighted by Crippen LogP contribution is -2.11. The maximum Gasteiger partial charge on any atom is 0.344 e. The zero-order valence-electron chi connectivity index (χ0n) is 7.75. The van der Waals surface area contributed by atoms with E-state index in [1.54, 1.807) is 0 Å². The van der Waals surface area contributed by atoms with Gasteiger partial charge in [-0.1, -0.05) is 0 Å². The van der Waals surface area contributed by atoms with E-state index in [0.29, 0.717) is 0 Å². The second kappa shape index (κ2) is 3.80. The lowest BCUT2D eigenvalue weighted by atomic mass is 10.1. The molecule has 1 N–H and O–H groups in total. The van der Waals surface area contributed by atoms with E-state index in [2.05, 4.69) is 0 Å². The summed E-state index contributed by atoms with van der Waals surface area (Å²) >= 11 is 0. The smallest absolute Gasteiger partial charge is 0.344 e. The summed E-state index contributed by atoms with van der Waals surface area (Å²) in [5.74, 6) is -7.55. The molecular formula is C8H4F3NO4. The Morgan fingerprint density at radius 1 is 1.25 bits per heavy atom. The second-order valence-corrected chi connectivity index (χ2v) is 2.85. The molecule has 16 heavy (non-hydrogen) atoms. The molecule has 0 radical (unpaired) electrons. The van der Waals surface area contributed by atoms with Gasteiger partial charge in [-0.05, 0) is 6.92 Å². The van der Waals surface area contributed by atoms with Crippen molar-refractivity contribution in [3.05, 3.63) is 38.7 Å². The highest BCUT2D eigenvalue weighted by Gasteiger charge is 2.33. The predicted octanol–water partition coefficient (Wildman–Crippen LogP) is 2.02. The van der Waals surface area contributed by atoms with Crippen molar-refractivity contribution >= 4 is 11.7 Å². The van der Waals surface area contributed by atoms with Crippen molar-refractivity contribution in [2.45, 2.75) is 6.92 Å². The number of nitrogens with zero attached hydrogens (tertiary/aromatic N) is 1. The number of hydrogen-bond donors (Lipinski definition) is 1. The summed E-state index contributed by atoms with van der Waals surface area (Å²) in [6, 6.07) is 0. The number of nitro groups is 1. The highest BCUT2D eigenvalue weighted by molar-refractivity contribution is 5.90. The largest absolute Gasteiger partial charge is 0.478 e. The van der Waals surface area contributed by atoms with E-state index in [-0.39, 0.29) is 0 Å². The van der Waals surface area contributed by atoms with Crippen LogP contribution < -0.4 is 0 Å². The fourth-order valence-electron chi connectivity index (χ4n) is 1.17. The van der Waals surface area contributed by atoms with Crippen LogP contribution in [0.15, 0.2) is 0 Å². The number of carbonyl (C=O) groups is 1. The molecule has 0 amide bonds. The molecule has 1 aromatic rings. The van der Waals surface area contributed by atoms with Crippen LogP contribution in [0, 0.1) is 34.5 Å². The maximum absolute atomic E-state index is 13.2. The summed E-state index contributed by atoms with van der Waals surface area (Å²) in [5, 5.41) is 18.8. The number of carboxylic acids is 1. The average molecular weight is 235 g/mol. The fraction of sp³-hybridized carbons (Fsp3) is 0.125. The van der Waals surface area contributed by atoms with E-state index in [9.17, 15) is 28.1 Å². The number of nitro benzene ring substituents is 1. The first-order valence-corrected chi connectivity index (χ1v) is 3.83. The molecule has 0 aliphatic carbocycles. The topological polar surface area (TPSA) is 80.4 Å². The minimum atomic E-state index is -2.01. The molecule has 5 nitrogen and oxygen atoms in total. The second-order valence-electron chi connectivity index (χ2n) is 2.85. The van der Waals surface area contributed by atoms with Crippen molar-refractivity contribution in [2.75, 3.05) is 0 Å². The number of benzene rings is 1. The Balaban J connectivity index is 3.80. The molecule has 1 rings (SSSR count). The normalized spacial score (nSPS) is 10.2. The molecule has 0 atom stereocenters. The zero-order chi connectivity index (χ0) is 12.6. The van der Waals surface area contributed by atoms with Crippen LogP contribution >= 0.6 is 0 Å². The van der Waals surface area contributed by atoms with Gasteiger partial charge in [0.05, 0.1) is 4.92 Å². The average Bonchev–Trinajstić information content (AvgIpc) is 2.13. The molecule has 0 fully saturated rings. The van der Waals surface area contributed by atoms with Crippen LogP contribution in [0.5, 0.6) is 0 Å². The van der Waals surface area contributed by atoms with Gasteiger partial charge in [-0.3, -0.25) is 10.1 Å². The highest BCUT2D eigenvalue weighted by Crippen LogP contribution is 2.30. The molecule has 0 unspecified atom stereocenters. The van der Waals surface area contributed by atoms with Crippen molar-refractivity contribution < 1.29 is 28.0 Å². The monoisotopic (exact) mass is 235 g/mol. The lowest BCUT2D eigenvalue weighted by molar-refractivity contribution is -0.390. The first kappa shape index (κ1) is 12.0. The van der Waals surface area contributed by atoms with E-state index in [0.717, 1.165) is 6.92 Å². The Kier molecular flexibility index (Phi) is 2.84. The lowest BCUT2D eigenvalue weighted by Gasteiger charge is -2.05. The van der Waals surface area contributed by atoms with E-state index >= 15 is 0 Å². The van der Waals surface area contributed by atoms with Gasteiger partial charge in [-0.2, -0.15) is 8.78 Å². The van der Waals surface area contributed by atoms with Gasteiger partial charge < -0.3 is 5.11 Å². The quantitative estimate of drug-likeness (QED) is 0.483. The van der Waals surface area contributed by atoms with Crippen LogP contribution in [-0.4, -0.2) is 16.0 Å². The van der Waals surface area contributed by atoms with Crippen molar-refractivity contribution in [3.63, 3.8) is 0 Å². The van der Waals surface area contributed by atoms with Gasteiger partial charge >= 0.3 is 11.7 Å². The van der Waals surface area contributed by atoms with Crippen molar-refractivity contribution in [1.29, 1.82) is 0 Å². The minimum absolute atomic E-state index is 0.814. The molecular weight excluding hydrogens is 231 g/mol. The molecule has 86 valence electrons.